The summed E-state index contributed by atoms with van der Waals surface area (Å²) < 4.78 is 4.62. The Bertz CT molecular complexity index is 3070. The van der Waals surface area contributed by atoms with Crippen molar-refractivity contribution in [3.8, 4) is 33.6 Å². The molecule has 11 rings (SSSR count). The summed E-state index contributed by atoms with van der Waals surface area (Å²) in [5, 5.41) is 4.57. The minimum atomic E-state index is -0.212. The van der Waals surface area contributed by atoms with Crippen LogP contribution in [0.5, 0.6) is 0 Å². The molecule has 7 aromatic carbocycles. The molecule has 2 aliphatic carbocycles. The zero-order chi connectivity index (χ0) is 36.7. The molecule has 9 aromatic rings. The van der Waals surface area contributed by atoms with Gasteiger partial charge >= 0.3 is 0 Å². The predicted molar refractivity (Wildman–Crippen MR) is 223 cm³/mol. The average Bonchev–Trinajstić information content (AvgIpc) is 3.84. The summed E-state index contributed by atoms with van der Waals surface area (Å²) in [6.07, 6.45) is 0. The van der Waals surface area contributed by atoms with E-state index in [1.165, 1.54) is 44.5 Å². The van der Waals surface area contributed by atoms with Crippen LogP contribution in [0, 0.1) is 13.1 Å². The lowest BCUT2D eigenvalue weighted by molar-refractivity contribution is 0.660. The second-order valence-electron chi connectivity index (χ2n) is 15.9. The quantitative estimate of drug-likeness (QED) is 0.161. The van der Waals surface area contributed by atoms with Crippen molar-refractivity contribution in [3.05, 3.63) is 179 Å². The van der Waals surface area contributed by atoms with Gasteiger partial charge in [0.15, 0.2) is 5.69 Å². The van der Waals surface area contributed by atoms with Crippen LogP contribution in [-0.2, 0) is 10.8 Å². The molecule has 54 heavy (non-hydrogen) atoms. The molecule has 0 aliphatic heterocycles. The molecule has 0 saturated heterocycles. The van der Waals surface area contributed by atoms with E-state index in [1.54, 1.807) is 6.07 Å². The number of benzene rings is 7. The molecule has 0 atom stereocenters. The predicted octanol–water partition coefficient (Wildman–Crippen LogP) is 13.6. The van der Waals surface area contributed by atoms with Crippen molar-refractivity contribution in [3.63, 3.8) is 0 Å². The van der Waals surface area contributed by atoms with Crippen LogP contribution in [0.1, 0.15) is 49.9 Å². The summed E-state index contributed by atoms with van der Waals surface area (Å²) in [7, 11) is 0. The zero-order valence-electron chi connectivity index (χ0n) is 30.5. The smallest absolute Gasteiger partial charge is 0.202 e. The fourth-order valence-corrected chi connectivity index (χ4v) is 9.97. The van der Waals surface area contributed by atoms with Crippen molar-refractivity contribution in [1.29, 1.82) is 0 Å². The summed E-state index contributed by atoms with van der Waals surface area (Å²) in [6, 6.07) is 47.8. The average molecular weight is 691 g/mol. The van der Waals surface area contributed by atoms with E-state index in [0.717, 1.165) is 55.0 Å². The summed E-state index contributed by atoms with van der Waals surface area (Å²) in [6.45, 7) is 26.1. The van der Waals surface area contributed by atoms with E-state index in [0.29, 0.717) is 11.4 Å². The Morgan fingerprint density at radius 3 is 1.41 bits per heavy atom. The normalized spacial score (nSPS) is 14.6. The van der Waals surface area contributed by atoms with Crippen molar-refractivity contribution in [2.75, 3.05) is 0 Å². The second-order valence-corrected chi connectivity index (χ2v) is 15.9. The van der Waals surface area contributed by atoms with Gasteiger partial charge in [0, 0.05) is 38.1 Å². The molecule has 254 valence electrons. The Morgan fingerprint density at radius 2 is 0.907 bits per heavy atom. The minimum Gasteiger partial charge on any atom is -0.317 e. The van der Waals surface area contributed by atoms with E-state index in [9.17, 15) is 0 Å². The Labute approximate surface area is 313 Å². The van der Waals surface area contributed by atoms with Gasteiger partial charge in [-0.15, -0.1) is 0 Å². The molecule has 0 unspecified atom stereocenters. The van der Waals surface area contributed by atoms with Gasteiger partial charge in [0.2, 0.25) is 5.69 Å². The molecule has 0 N–H and O–H groups in total. The number of hydrogen-bond acceptors (Lipinski definition) is 0. The van der Waals surface area contributed by atoms with Crippen molar-refractivity contribution in [1.82, 2.24) is 9.13 Å². The minimum absolute atomic E-state index is 0.212. The van der Waals surface area contributed by atoms with E-state index in [4.69, 9.17) is 13.1 Å². The lowest BCUT2D eigenvalue weighted by atomic mass is 9.82. The van der Waals surface area contributed by atoms with Crippen LogP contribution < -0.4 is 0 Å². The van der Waals surface area contributed by atoms with E-state index < -0.39 is 0 Å². The SMILES string of the molecule is [C-]#[N+]c1cc([N+]#[C-])c(-n2c3cc4c(cc3c3cc5c(cc32)C(C)(C)c2ccccc2-5)-c2ccccc2C4(C)C)c(-n2c3ccccc3c3ccccc32)c1. The maximum absolute atomic E-state index is 8.67. The number of nitrogens with zero attached hydrogens (tertiary/aromatic N) is 4. The van der Waals surface area contributed by atoms with Gasteiger partial charge in [0.05, 0.1) is 40.9 Å². The standard InChI is InChI=1S/C50H34N4/c1-49(2)38-19-11-7-15-30(38)34-25-36-37-26-35-31-16-8-12-20-39(31)50(3,4)41(35)28-46(37)54(45(36)27-40(34)49)48-42(52-6)23-29(51-5)24-47(48)53-43-21-13-9-17-32(43)33-18-10-14-22-44(33)53/h7-28H,1-4H3. The van der Waals surface area contributed by atoms with E-state index in [1.807, 2.05) is 6.07 Å². The van der Waals surface area contributed by atoms with Crippen LogP contribution in [0.2, 0.25) is 0 Å². The van der Waals surface area contributed by atoms with Crippen LogP contribution >= 0.6 is 0 Å². The van der Waals surface area contributed by atoms with Crippen LogP contribution in [0.4, 0.5) is 11.4 Å². The van der Waals surface area contributed by atoms with Crippen molar-refractivity contribution < 1.29 is 0 Å². The molecule has 0 radical (unpaired) electrons. The number of fused-ring (bicyclic) bond motifs is 12. The molecule has 0 bridgehead atoms. The van der Waals surface area contributed by atoms with Crippen LogP contribution in [0.15, 0.2) is 133 Å². The first-order valence-electron chi connectivity index (χ1n) is 18.5. The maximum Gasteiger partial charge on any atom is 0.202 e. The summed E-state index contributed by atoms with van der Waals surface area (Å²) in [4.78, 5) is 8.14. The molecular weight excluding hydrogens is 657 g/mol. The third-order valence-electron chi connectivity index (χ3n) is 12.5. The number of para-hydroxylation sites is 2. The summed E-state index contributed by atoms with van der Waals surface area (Å²) in [5.74, 6) is 0. The Hall–Kier alpha value is -6.88. The molecule has 0 saturated carbocycles. The molecule has 4 heteroatoms. The van der Waals surface area contributed by atoms with Crippen molar-refractivity contribution in [2.45, 2.75) is 38.5 Å². The maximum atomic E-state index is 8.67. The van der Waals surface area contributed by atoms with Gasteiger partial charge in [0.1, 0.15) is 0 Å². The van der Waals surface area contributed by atoms with E-state index in [-0.39, 0.29) is 10.8 Å². The zero-order valence-corrected chi connectivity index (χ0v) is 30.5. The number of hydrogen-bond donors (Lipinski definition) is 0. The highest BCUT2D eigenvalue weighted by atomic mass is 15.1. The topological polar surface area (TPSA) is 18.6 Å². The fraction of sp³-hybridized carbons (Fsp3) is 0.120. The van der Waals surface area contributed by atoms with Crippen LogP contribution in [0.3, 0.4) is 0 Å². The van der Waals surface area contributed by atoms with Gasteiger partial charge in [0.25, 0.3) is 0 Å². The fourth-order valence-electron chi connectivity index (χ4n) is 9.97. The van der Waals surface area contributed by atoms with Crippen LogP contribution in [-0.4, -0.2) is 9.13 Å². The lowest BCUT2D eigenvalue weighted by Crippen LogP contribution is -2.15. The molecule has 0 spiro atoms. The lowest BCUT2D eigenvalue weighted by Gasteiger charge is -2.23. The highest BCUT2D eigenvalue weighted by Crippen LogP contribution is 2.55. The van der Waals surface area contributed by atoms with Gasteiger partial charge in [-0.3, -0.25) is 0 Å². The third kappa shape index (κ3) is 3.75. The Kier molecular flexibility index (Phi) is 5.90. The highest BCUT2D eigenvalue weighted by Gasteiger charge is 2.39. The van der Waals surface area contributed by atoms with Gasteiger partial charge in [-0.1, -0.05) is 113 Å². The van der Waals surface area contributed by atoms with E-state index in [2.05, 4.69) is 168 Å². The van der Waals surface area contributed by atoms with Gasteiger partial charge in [-0.2, -0.15) is 0 Å². The largest absolute Gasteiger partial charge is 0.317 e. The summed E-state index contributed by atoms with van der Waals surface area (Å²) in [5.41, 5.74) is 16.5. The van der Waals surface area contributed by atoms with Crippen molar-refractivity contribution in [2.24, 2.45) is 0 Å². The Balaban J connectivity index is 1.35. The molecule has 2 aromatic heterocycles. The van der Waals surface area contributed by atoms with Crippen molar-refractivity contribution >= 4 is 55.0 Å². The highest BCUT2D eigenvalue weighted by molar-refractivity contribution is 6.15. The first kappa shape index (κ1) is 30.7. The van der Waals surface area contributed by atoms with Crippen LogP contribution in [0.25, 0.3) is 86.9 Å². The van der Waals surface area contributed by atoms with Gasteiger partial charge < -0.3 is 9.13 Å². The first-order chi connectivity index (χ1) is 26.2. The molecule has 0 amide bonds. The molecule has 0 fully saturated rings. The molecule has 2 aliphatic rings. The van der Waals surface area contributed by atoms with Gasteiger partial charge in [-0.25, -0.2) is 9.69 Å². The second kappa shape index (κ2) is 10.4. The van der Waals surface area contributed by atoms with Gasteiger partial charge in [-0.05, 0) is 93.0 Å². The van der Waals surface area contributed by atoms with E-state index >= 15 is 0 Å². The third-order valence-corrected chi connectivity index (χ3v) is 12.5. The molecule has 2 heterocycles. The molecular formula is C50H34N4. The molecule has 4 nitrogen and oxygen atoms in total. The first-order valence-corrected chi connectivity index (χ1v) is 18.5. The Morgan fingerprint density at radius 1 is 0.426 bits per heavy atom. The number of rotatable bonds is 2. The number of aromatic nitrogens is 2. The monoisotopic (exact) mass is 690 g/mol. The summed E-state index contributed by atoms with van der Waals surface area (Å²) >= 11 is 0.